The van der Waals surface area contributed by atoms with Gasteiger partial charge in [0.15, 0.2) is 0 Å². The molecule has 0 heterocycles. The molecule has 0 spiro atoms. The Morgan fingerprint density at radius 2 is 1.02 bits per heavy atom. The Balaban J connectivity index is 2.41. The first-order valence-electron chi connectivity index (χ1n) is 21.8. The highest BCUT2D eigenvalue weighted by Gasteiger charge is 2.20. The van der Waals surface area contributed by atoms with Crippen LogP contribution < -0.4 is 21.5 Å². The molecule has 1 aromatic carbocycles. The minimum absolute atomic E-state index is 0.0173. The topological polar surface area (TPSA) is 134 Å². The largest absolute Gasteiger partial charge is 0.481 e. The molecule has 0 aliphatic carbocycles. The summed E-state index contributed by atoms with van der Waals surface area (Å²) in [6, 6.07) is 0. The molecule has 1 rings (SSSR count). The zero-order chi connectivity index (χ0) is 38.8. The number of rotatable bonds is 40. The van der Waals surface area contributed by atoms with E-state index in [9.17, 15) is 19.2 Å². The number of carboxylic acids is 1. The van der Waals surface area contributed by atoms with Crippen LogP contribution in [0.15, 0.2) is 9.59 Å². The van der Waals surface area contributed by atoms with Crippen LogP contribution in [0.4, 0.5) is 11.4 Å². The first-order chi connectivity index (χ1) is 25.8. The van der Waals surface area contributed by atoms with Gasteiger partial charge in [-0.2, -0.15) is 0 Å². The SMILES string of the molecule is CCCCCCCCC(CCCCCCCC)OC(=O)CCCCCCCN(CCCCCCCC(=O)O)CCCNc1c(NCCOC)c(=O)c1=O. The predicted molar refractivity (Wildman–Crippen MR) is 220 cm³/mol. The summed E-state index contributed by atoms with van der Waals surface area (Å²) in [4.78, 5) is 50.1. The zero-order valence-corrected chi connectivity index (χ0v) is 34.3. The lowest BCUT2D eigenvalue weighted by atomic mass is 10.0. The number of nitrogens with one attached hydrogen (secondary N) is 2. The molecule has 1 aromatic rings. The van der Waals surface area contributed by atoms with Gasteiger partial charge in [0.1, 0.15) is 17.5 Å². The lowest BCUT2D eigenvalue weighted by molar-refractivity contribution is -0.150. The molecule has 0 bridgehead atoms. The second kappa shape index (κ2) is 34.1. The number of methoxy groups -OCH3 is 1. The Labute approximate surface area is 322 Å². The van der Waals surface area contributed by atoms with Crippen molar-refractivity contribution >= 4 is 23.3 Å². The molecule has 0 saturated carbocycles. The number of hydrogen-bond donors (Lipinski definition) is 3. The van der Waals surface area contributed by atoms with Crippen molar-refractivity contribution < 1.29 is 24.2 Å². The summed E-state index contributed by atoms with van der Waals surface area (Å²) in [5, 5.41) is 15.0. The van der Waals surface area contributed by atoms with E-state index >= 15 is 0 Å². The van der Waals surface area contributed by atoms with Crippen molar-refractivity contribution in [3.8, 4) is 0 Å². The summed E-state index contributed by atoms with van der Waals surface area (Å²) in [5.74, 6) is -0.742. The molecule has 3 N–H and O–H groups in total. The van der Waals surface area contributed by atoms with Gasteiger partial charge in [0.25, 0.3) is 10.9 Å². The highest BCUT2D eigenvalue weighted by molar-refractivity contribution is 5.73. The summed E-state index contributed by atoms with van der Waals surface area (Å²) in [6.45, 7) is 8.94. The van der Waals surface area contributed by atoms with E-state index in [-0.39, 0.29) is 18.5 Å². The number of carbonyl (C=O) groups excluding carboxylic acids is 1. The Morgan fingerprint density at radius 1 is 0.585 bits per heavy atom. The van der Waals surface area contributed by atoms with Crippen molar-refractivity contribution in [2.24, 2.45) is 0 Å². The van der Waals surface area contributed by atoms with Crippen LogP contribution in [0.3, 0.4) is 0 Å². The molecule has 0 unspecified atom stereocenters. The fourth-order valence-electron chi connectivity index (χ4n) is 6.95. The number of hydrogen-bond acceptors (Lipinski definition) is 9. The highest BCUT2D eigenvalue weighted by Crippen LogP contribution is 2.19. The average molecular weight is 750 g/mol. The number of ether oxygens (including phenoxy) is 2. The van der Waals surface area contributed by atoms with Crippen molar-refractivity contribution in [2.75, 3.05) is 57.1 Å². The quantitative estimate of drug-likeness (QED) is 0.0338. The van der Waals surface area contributed by atoms with Crippen molar-refractivity contribution in [3.63, 3.8) is 0 Å². The van der Waals surface area contributed by atoms with Crippen LogP contribution in [0.1, 0.15) is 187 Å². The fraction of sp³-hybridized carbons (Fsp3) is 0.860. The zero-order valence-electron chi connectivity index (χ0n) is 34.3. The van der Waals surface area contributed by atoms with Gasteiger partial charge in [0.2, 0.25) is 0 Å². The van der Waals surface area contributed by atoms with Crippen molar-refractivity contribution in [1.82, 2.24) is 4.90 Å². The summed E-state index contributed by atoms with van der Waals surface area (Å²) in [7, 11) is 1.59. The lowest BCUT2D eigenvalue weighted by Crippen LogP contribution is -2.38. The Bertz CT molecular complexity index is 1090. The second-order valence-electron chi connectivity index (χ2n) is 15.1. The summed E-state index contributed by atoms with van der Waals surface area (Å²) < 4.78 is 11.1. The molecule has 308 valence electrons. The van der Waals surface area contributed by atoms with E-state index in [0.717, 1.165) is 116 Å². The van der Waals surface area contributed by atoms with Crippen molar-refractivity contribution in [3.05, 3.63) is 20.4 Å². The van der Waals surface area contributed by atoms with Crippen LogP contribution in [0.2, 0.25) is 0 Å². The molecule has 10 nitrogen and oxygen atoms in total. The van der Waals surface area contributed by atoms with E-state index in [0.29, 0.717) is 37.5 Å². The molecule has 0 atom stereocenters. The third-order valence-corrected chi connectivity index (χ3v) is 10.2. The molecule has 0 fully saturated rings. The van der Waals surface area contributed by atoms with Crippen molar-refractivity contribution in [1.29, 1.82) is 0 Å². The molecule has 0 radical (unpaired) electrons. The molecule has 0 amide bonds. The standard InChI is InChI=1S/C43H79N3O7/c1-4-6-8-10-14-20-27-37(28-21-15-11-9-7-5-2)53-39(49)30-23-17-13-19-25-34-46(33-24-18-12-16-22-29-38(47)48)35-26-31-44-40-41(43(51)42(40)50)45-32-36-52-3/h37,44-45H,4-36H2,1-3H3,(H,47,48). The van der Waals surface area contributed by atoms with Gasteiger partial charge in [0.05, 0.1) is 6.61 Å². The summed E-state index contributed by atoms with van der Waals surface area (Å²) in [6.07, 6.45) is 29.0. The number of carboxylic acid groups (broad SMARTS) is 1. The number of carbonyl (C=O) groups is 2. The van der Waals surface area contributed by atoms with E-state index in [2.05, 4.69) is 29.4 Å². The maximum atomic E-state index is 12.8. The van der Waals surface area contributed by atoms with Crippen LogP contribution in [-0.4, -0.2) is 74.5 Å². The molecule has 0 aromatic heterocycles. The smallest absolute Gasteiger partial charge is 0.306 e. The Morgan fingerprint density at radius 3 is 1.53 bits per heavy atom. The minimum atomic E-state index is -0.724. The molecular formula is C43H79N3O7. The monoisotopic (exact) mass is 750 g/mol. The lowest BCUT2D eigenvalue weighted by Gasteiger charge is -2.23. The maximum Gasteiger partial charge on any atom is 0.306 e. The van der Waals surface area contributed by atoms with Gasteiger partial charge in [-0.25, -0.2) is 0 Å². The van der Waals surface area contributed by atoms with Gasteiger partial charge in [-0.3, -0.25) is 19.2 Å². The molecule has 53 heavy (non-hydrogen) atoms. The van der Waals surface area contributed by atoms with Gasteiger partial charge in [-0.15, -0.1) is 0 Å². The summed E-state index contributed by atoms with van der Waals surface area (Å²) in [5.41, 5.74) is -0.184. The van der Waals surface area contributed by atoms with Crippen LogP contribution in [0.25, 0.3) is 0 Å². The number of nitrogens with zero attached hydrogens (tertiary/aromatic N) is 1. The van der Waals surface area contributed by atoms with E-state index < -0.39 is 16.8 Å². The first kappa shape index (κ1) is 48.6. The summed E-state index contributed by atoms with van der Waals surface area (Å²) >= 11 is 0. The number of unbranched alkanes of at least 4 members (excludes halogenated alkanes) is 18. The maximum absolute atomic E-state index is 12.8. The Hall–Kier alpha value is -2.46. The highest BCUT2D eigenvalue weighted by atomic mass is 16.5. The first-order valence-corrected chi connectivity index (χ1v) is 21.8. The fourth-order valence-corrected chi connectivity index (χ4v) is 6.95. The van der Waals surface area contributed by atoms with Crippen LogP contribution in [0.5, 0.6) is 0 Å². The Kier molecular flexibility index (Phi) is 31.2. The van der Waals surface area contributed by atoms with Gasteiger partial charge >= 0.3 is 11.9 Å². The van der Waals surface area contributed by atoms with E-state index in [1.54, 1.807) is 7.11 Å². The molecule has 0 aliphatic rings. The second-order valence-corrected chi connectivity index (χ2v) is 15.1. The van der Waals surface area contributed by atoms with E-state index in [1.165, 1.54) is 64.2 Å². The third-order valence-electron chi connectivity index (χ3n) is 10.2. The number of esters is 1. The van der Waals surface area contributed by atoms with E-state index in [1.807, 2.05) is 0 Å². The molecule has 0 saturated heterocycles. The van der Waals surface area contributed by atoms with Crippen LogP contribution in [-0.2, 0) is 19.1 Å². The van der Waals surface area contributed by atoms with Gasteiger partial charge < -0.3 is 30.1 Å². The number of aliphatic carboxylic acids is 1. The van der Waals surface area contributed by atoms with E-state index in [4.69, 9.17) is 14.6 Å². The third kappa shape index (κ3) is 26.1. The normalized spacial score (nSPS) is 11.6. The van der Waals surface area contributed by atoms with Crippen LogP contribution >= 0.6 is 0 Å². The van der Waals surface area contributed by atoms with Crippen LogP contribution in [0, 0.1) is 0 Å². The van der Waals surface area contributed by atoms with Gasteiger partial charge in [-0.05, 0) is 77.4 Å². The van der Waals surface area contributed by atoms with Gasteiger partial charge in [-0.1, -0.05) is 117 Å². The number of anilines is 2. The average Bonchev–Trinajstić information content (AvgIpc) is 3.14. The molecule has 0 aliphatic heterocycles. The molecule has 10 heteroatoms. The van der Waals surface area contributed by atoms with Crippen molar-refractivity contribution in [2.45, 2.75) is 193 Å². The predicted octanol–water partition coefficient (Wildman–Crippen LogP) is 9.62. The van der Waals surface area contributed by atoms with Gasteiger partial charge in [0, 0.05) is 33.0 Å². The molecular weight excluding hydrogens is 670 g/mol. The minimum Gasteiger partial charge on any atom is -0.481 e.